The first kappa shape index (κ1) is 19.2. The zero-order chi connectivity index (χ0) is 19.9. The van der Waals surface area contributed by atoms with Crippen LogP contribution in [0.1, 0.15) is 16.1 Å². The number of hydrogen-bond donors (Lipinski definition) is 0. The van der Waals surface area contributed by atoms with Gasteiger partial charge in [-0.1, -0.05) is 6.07 Å². The van der Waals surface area contributed by atoms with Crippen LogP contribution in [-0.4, -0.2) is 50.2 Å². The number of nitrogens with zero attached hydrogens (tertiary/aromatic N) is 2. The average molecular weight is 382 g/mol. The van der Waals surface area contributed by atoms with E-state index in [0.717, 1.165) is 0 Å². The molecule has 2 aromatic rings. The highest BCUT2D eigenvalue weighted by Crippen LogP contribution is 2.30. The summed E-state index contributed by atoms with van der Waals surface area (Å²) in [4.78, 5) is 26.1. The highest BCUT2D eigenvalue weighted by Gasteiger charge is 2.21. The Kier molecular flexibility index (Phi) is 6.09. The highest BCUT2D eigenvalue weighted by molar-refractivity contribution is 6.01. The first-order valence-electron chi connectivity index (χ1n) is 8.55. The molecule has 1 aromatic heterocycles. The lowest BCUT2D eigenvalue weighted by atomic mass is 10.1. The van der Waals surface area contributed by atoms with Crippen molar-refractivity contribution in [2.75, 3.05) is 33.4 Å². The molecule has 1 amide bonds. The fraction of sp³-hybridized carbons (Fsp3) is 0.250. The molecule has 1 aliphatic heterocycles. The predicted octanol–water partition coefficient (Wildman–Crippen LogP) is 2.27. The third-order valence-electron chi connectivity index (χ3n) is 4.07. The summed E-state index contributed by atoms with van der Waals surface area (Å²) < 4.78 is 20.8. The summed E-state index contributed by atoms with van der Waals surface area (Å²) in [5, 5.41) is 9.39. The van der Waals surface area contributed by atoms with Crippen molar-refractivity contribution in [2.24, 2.45) is 0 Å². The van der Waals surface area contributed by atoms with Crippen LogP contribution in [0.2, 0.25) is 0 Å². The van der Waals surface area contributed by atoms with Gasteiger partial charge in [-0.2, -0.15) is 5.26 Å². The zero-order valence-corrected chi connectivity index (χ0v) is 15.2. The molecular weight excluding hydrogens is 364 g/mol. The lowest BCUT2D eigenvalue weighted by Crippen LogP contribution is -2.41. The second-order valence-corrected chi connectivity index (χ2v) is 5.85. The SMILES string of the molecule is COc1cc(/C=C(\C#N)C(=O)N2CCOCC2)ccc1OC(=O)c1ccco1. The molecule has 8 nitrogen and oxygen atoms in total. The van der Waals surface area contributed by atoms with Gasteiger partial charge in [-0.25, -0.2) is 4.79 Å². The molecule has 8 heteroatoms. The summed E-state index contributed by atoms with van der Waals surface area (Å²) in [6, 6.07) is 9.74. The van der Waals surface area contributed by atoms with Gasteiger partial charge in [-0.05, 0) is 35.9 Å². The Balaban J connectivity index is 1.80. The lowest BCUT2D eigenvalue weighted by molar-refractivity contribution is -0.130. The second-order valence-electron chi connectivity index (χ2n) is 5.85. The number of carbonyl (C=O) groups excluding carboxylic acids is 2. The predicted molar refractivity (Wildman–Crippen MR) is 97.6 cm³/mol. The number of furan rings is 1. The number of esters is 1. The summed E-state index contributed by atoms with van der Waals surface area (Å²) in [7, 11) is 1.43. The van der Waals surface area contributed by atoms with Crippen molar-refractivity contribution >= 4 is 18.0 Å². The number of rotatable bonds is 5. The minimum atomic E-state index is -0.660. The van der Waals surface area contributed by atoms with Gasteiger partial charge in [0.05, 0.1) is 26.6 Å². The first-order chi connectivity index (χ1) is 13.6. The standard InChI is InChI=1S/C20H18N2O6/c1-25-18-12-14(4-5-16(18)28-20(24)17-3-2-8-27-17)11-15(13-21)19(23)22-6-9-26-10-7-22/h2-5,8,11-12H,6-7,9-10H2,1H3/b15-11+. The molecule has 0 bridgehead atoms. The van der Waals surface area contributed by atoms with Crippen LogP contribution in [0.4, 0.5) is 0 Å². The van der Waals surface area contributed by atoms with Gasteiger partial charge < -0.3 is 23.5 Å². The van der Waals surface area contributed by atoms with Gasteiger partial charge in [-0.3, -0.25) is 4.79 Å². The van der Waals surface area contributed by atoms with Gasteiger partial charge in [0.2, 0.25) is 5.76 Å². The van der Waals surface area contributed by atoms with E-state index in [1.54, 1.807) is 23.1 Å². The van der Waals surface area contributed by atoms with Gasteiger partial charge >= 0.3 is 5.97 Å². The Morgan fingerprint density at radius 2 is 2.00 bits per heavy atom. The van der Waals surface area contributed by atoms with E-state index in [0.29, 0.717) is 31.9 Å². The monoisotopic (exact) mass is 382 g/mol. The van der Waals surface area contributed by atoms with Crippen LogP contribution in [0.5, 0.6) is 11.5 Å². The lowest BCUT2D eigenvalue weighted by Gasteiger charge is -2.26. The summed E-state index contributed by atoms with van der Waals surface area (Å²) in [5.41, 5.74) is 0.567. The molecule has 3 rings (SSSR count). The summed E-state index contributed by atoms with van der Waals surface area (Å²) in [6.45, 7) is 1.80. The summed E-state index contributed by atoms with van der Waals surface area (Å²) >= 11 is 0. The zero-order valence-electron chi connectivity index (χ0n) is 15.2. The van der Waals surface area contributed by atoms with Crippen molar-refractivity contribution in [3.05, 3.63) is 53.5 Å². The largest absolute Gasteiger partial charge is 0.493 e. The maximum atomic E-state index is 12.5. The van der Waals surface area contributed by atoms with Crippen LogP contribution >= 0.6 is 0 Å². The van der Waals surface area contributed by atoms with Crippen LogP contribution in [0.3, 0.4) is 0 Å². The molecule has 0 aliphatic carbocycles. The normalized spacial score (nSPS) is 14.3. The quantitative estimate of drug-likeness (QED) is 0.338. The third kappa shape index (κ3) is 4.39. The second kappa shape index (κ2) is 8.88. The van der Waals surface area contributed by atoms with E-state index in [2.05, 4.69) is 0 Å². The minimum Gasteiger partial charge on any atom is -0.493 e. The van der Waals surface area contributed by atoms with E-state index in [9.17, 15) is 14.9 Å². The van der Waals surface area contributed by atoms with Gasteiger partial charge in [0.15, 0.2) is 11.5 Å². The molecule has 0 atom stereocenters. The molecule has 0 saturated carbocycles. The Labute approximate surface area is 161 Å². The number of methoxy groups -OCH3 is 1. The van der Waals surface area contributed by atoms with Crippen LogP contribution in [0.25, 0.3) is 6.08 Å². The Bertz CT molecular complexity index is 921. The molecule has 0 spiro atoms. The van der Waals surface area contributed by atoms with Crippen LogP contribution in [0, 0.1) is 11.3 Å². The van der Waals surface area contributed by atoms with Crippen molar-refractivity contribution < 1.29 is 28.2 Å². The Hall–Kier alpha value is -3.57. The van der Waals surface area contributed by atoms with E-state index in [-0.39, 0.29) is 28.7 Å². The van der Waals surface area contributed by atoms with Gasteiger partial charge in [-0.15, -0.1) is 0 Å². The average Bonchev–Trinajstić information content (AvgIpc) is 3.28. The molecule has 0 radical (unpaired) electrons. The number of ether oxygens (including phenoxy) is 3. The van der Waals surface area contributed by atoms with Gasteiger partial charge in [0.1, 0.15) is 11.6 Å². The van der Waals surface area contributed by atoms with Crippen molar-refractivity contribution in [1.29, 1.82) is 5.26 Å². The Morgan fingerprint density at radius 3 is 2.64 bits per heavy atom. The molecule has 1 aromatic carbocycles. The molecule has 28 heavy (non-hydrogen) atoms. The molecule has 2 heterocycles. The number of amides is 1. The Morgan fingerprint density at radius 1 is 1.21 bits per heavy atom. The molecule has 0 unspecified atom stereocenters. The van der Waals surface area contributed by atoms with E-state index in [1.165, 1.54) is 31.6 Å². The number of carbonyl (C=O) groups is 2. The van der Waals surface area contributed by atoms with Crippen molar-refractivity contribution in [1.82, 2.24) is 4.90 Å². The van der Waals surface area contributed by atoms with Crippen LogP contribution < -0.4 is 9.47 Å². The van der Waals surface area contributed by atoms with Gasteiger partial charge in [0, 0.05) is 13.1 Å². The van der Waals surface area contributed by atoms with E-state index >= 15 is 0 Å². The van der Waals surface area contributed by atoms with E-state index in [4.69, 9.17) is 18.6 Å². The number of morpholine rings is 1. The summed E-state index contributed by atoms with van der Waals surface area (Å²) in [5.74, 6) is -0.470. The van der Waals surface area contributed by atoms with E-state index < -0.39 is 5.97 Å². The maximum absolute atomic E-state index is 12.5. The number of benzene rings is 1. The molecule has 1 fully saturated rings. The fourth-order valence-corrected chi connectivity index (χ4v) is 2.65. The molecule has 0 N–H and O–H groups in total. The highest BCUT2D eigenvalue weighted by atomic mass is 16.6. The van der Waals surface area contributed by atoms with Crippen LogP contribution in [-0.2, 0) is 9.53 Å². The molecular formula is C20H18N2O6. The minimum absolute atomic E-state index is 0.00397. The first-order valence-corrected chi connectivity index (χ1v) is 8.55. The number of nitriles is 1. The summed E-state index contributed by atoms with van der Waals surface area (Å²) in [6.07, 6.45) is 2.84. The van der Waals surface area contributed by atoms with Crippen molar-refractivity contribution in [2.45, 2.75) is 0 Å². The van der Waals surface area contributed by atoms with Gasteiger partial charge in [0.25, 0.3) is 5.91 Å². The smallest absolute Gasteiger partial charge is 0.379 e. The van der Waals surface area contributed by atoms with E-state index in [1.807, 2.05) is 6.07 Å². The van der Waals surface area contributed by atoms with Crippen molar-refractivity contribution in [3.63, 3.8) is 0 Å². The molecule has 1 saturated heterocycles. The maximum Gasteiger partial charge on any atom is 0.379 e. The molecule has 1 aliphatic rings. The number of hydrogen-bond acceptors (Lipinski definition) is 7. The fourth-order valence-electron chi connectivity index (χ4n) is 2.65. The molecule has 144 valence electrons. The van der Waals surface area contributed by atoms with Crippen LogP contribution in [0.15, 0.2) is 46.6 Å². The van der Waals surface area contributed by atoms with Crippen molar-refractivity contribution in [3.8, 4) is 17.6 Å². The topological polar surface area (TPSA) is 102 Å². The third-order valence-corrected chi connectivity index (χ3v) is 4.07.